The number of aromatic amines is 1. The fraction of sp³-hybridized carbons (Fsp3) is 0.118. The number of nitrogens with one attached hydrogen (secondary N) is 2. The summed E-state index contributed by atoms with van der Waals surface area (Å²) in [5.41, 5.74) is 4.87. The maximum absolute atomic E-state index is 12.3. The van der Waals surface area contributed by atoms with Gasteiger partial charge in [-0.1, -0.05) is 12.1 Å². The molecule has 5 nitrogen and oxygen atoms in total. The molecule has 1 aromatic carbocycles. The van der Waals surface area contributed by atoms with Crippen LogP contribution < -0.4 is 5.32 Å². The SMILES string of the molecule is Cc1ccc(NC(=O)c2cc(-c3ccccn3)n[nH]2)cc1C. The lowest BCUT2D eigenvalue weighted by Gasteiger charge is -2.06. The fourth-order valence-electron chi connectivity index (χ4n) is 2.10. The van der Waals surface area contributed by atoms with Crippen LogP contribution in [-0.4, -0.2) is 21.1 Å². The van der Waals surface area contributed by atoms with Crippen LogP contribution in [0, 0.1) is 13.8 Å². The topological polar surface area (TPSA) is 70.7 Å². The van der Waals surface area contributed by atoms with Crippen LogP contribution in [0.25, 0.3) is 11.4 Å². The van der Waals surface area contributed by atoms with Crippen LogP contribution >= 0.6 is 0 Å². The molecule has 0 fully saturated rings. The third kappa shape index (κ3) is 2.88. The highest BCUT2D eigenvalue weighted by atomic mass is 16.1. The Kier molecular flexibility index (Phi) is 3.70. The van der Waals surface area contributed by atoms with Gasteiger partial charge in [-0.2, -0.15) is 5.10 Å². The first-order chi connectivity index (χ1) is 10.6. The summed E-state index contributed by atoms with van der Waals surface area (Å²) in [5.74, 6) is -0.224. The minimum atomic E-state index is -0.224. The zero-order chi connectivity index (χ0) is 15.5. The highest BCUT2D eigenvalue weighted by molar-refractivity contribution is 6.03. The van der Waals surface area contributed by atoms with E-state index in [1.54, 1.807) is 12.3 Å². The van der Waals surface area contributed by atoms with Crippen molar-refractivity contribution in [1.29, 1.82) is 0 Å². The van der Waals surface area contributed by atoms with Gasteiger partial charge in [-0.25, -0.2) is 0 Å². The molecule has 0 aliphatic rings. The average Bonchev–Trinajstić information content (AvgIpc) is 3.02. The second kappa shape index (κ2) is 5.81. The lowest BCUT2D eigenvalue weighted by Crippen LogP contribution is -2.12. The molecule has 110 valence electrons. The summed E-state index contributed by atoms with van der Waals surface area (Å²) in [6.07, 6.45) is 1.69. The molecule has 3 aromatic rings. The van der Waals surface area contributed by atoms with Crippen molar-refractivity contribution in [3.05, 3.63) is 65.5 Å². The van der Waals surface area contributed by atoms with Crippen molar-refractivity contribution < 1.29 is 4.79 Å². The molecule has 0 saturated heterocycles. The van der Waals surface area contributed by atoms with Gasteiger partial charge in [-0.3, -0.25) is 14.9 Å². The molecule has 0 atom stereocenters. The summed E-state index contributed by atoms with van der Waals surface area (Å²) >= 11 is 0. The van der Waals surface area contributed by atoms with E-state index < -0.39 is 0 Å². The van der Waals surface area contributed by atoms with Gasteiger partial charge in [0.1, 0.15) is 11.4 Å². The third-order valence-corrected chi connectivity index (χ3v) is 3.51. The maximum Gasteiger partial charge on any atom is 0.273 e. The van der Waals surface area contributed by atoms with Crippen LogP contribution in [0.3, 0.4) is 0 Å². The number of hydrogen-bond acceptors (Lipinski definition) is 3. The number of anilines is 1. The fourth-order valence-corrected chi connectivity index (χ4v) is 2.10. The normalized spacial score (nSPS) is 10.5. The average molecular weight is 292 g/mol. The molecule has 22 heavy (non-hydrogen) atoms. The summed E-state index contributed by atoms with van der Waals surface area (Å²) < 4.78 is 0. The molecule has 2 heterocycles. The summed E-state index contributed by atoms with van der Waals surface area (Å²) in [6.45, 7) is 4.05. The first kappa shape index (κ1) is 14.0. The van der Waals surface area contributed by atoms with E-state index in [1.165, 1.54) is 5.56 Å². The van der Waals surface area contributed by atoms with Gasteiger partial charge in [0, 0.05) is 11.9 Å². The molecule has 0 aliphatic heterocycles. The Balaban J connectivity index is 1.78. The number of aromatic nitrogens is 3. The number of aryl methyl sites for hydroxylation is 2. The zero-order valence-electron chi connectivity index (χ0n) is 12.4. The highest BCUT2D eigenvalue weighted by Crippen LogP contribution is 2.17. The number of amides is 1. The number of pyridine rings is 1. The predicted octanol–water partition coefficient (Wildman–Crippen LogP) is 3.34. The first-order valence-corrected chi connectivity index (χ1v) is 6.99. The standard InChI is InChI=1S/C17H16N4O/c1-11-6-7-13(9-12(11)2)19-17(22)16-10-15(20-21-16)14-5-3-4-8-18-14/h3-10H,1-2H3,(H,19,22)(H,20,21). The van der Waals surface area contributed by atoms with Crippen molar-refractivity contribution in [1.82, 2.24) is 15.2 Å². The molecule has 3 rings (SSSR count). The van der Waals surface area contributed by atoms with Crippen LogP contribution in [0.4, 0.5) is 5.69 Å². The second-order valence-corrected chi connectivity index (χ2v) is 5.14. The van der Waals surface area contributed by atoms with E-state index in [9.17, 15) is 4.79 Å². The van der Waals surface area contributed by atoms with Crippen molar-refractivity contribution >= 4 is 11.6 Å². The predicted molar refractivity (Wildman–Crippen MR) is 85.7 cm³/mol. The van der Waals surface area contributed by atoms with Gasteiger partial charge < -0.3 is 5.32 Å². The molecular formula is C17H16N4O. The minimum Gasteiger partial charge on any atom is -0.321 e. The van der Waals surface area contributed by atoms with E-state index in [0.29, 0.717) is 11.4 Å². The Morgan fingerprint density at radius 1 is 1.05 bits per heavy atom. The van der Waals surface area contributed by atoms with Crippen LogP contribution in [0.15, 0.2) is 48.7 Å². The number of hydrogen-bond donors (Lipinski definition) is 2. The molecule has 0 aliphatic carbocycles. The number of nitrogens with zero attached hydrogens (tertiary/aromatic N) is 2. The summed E-state index contributed by atoms with van der Waals surface area (Å²) in [7, 11) is 0. The van der Waals surface area contributed by atoms with Gasteiger partial charge in [-0.05, 0) is 55.3 Å². The second-order valence-electron chi connectivity index (χ2n) is 5.14. The number of benzene rings is 1. The van der Waals surface area contributed by atoms with Gasteiger partial charge in [-0.15, -0.1) is 0 Å². The number of carbonyl (C=O) groups excluding carboxylic acids is 1. The summed E-state index contributed by atoms with van der Waals surface area (Å²) in [6, 6.07) is 13.1. The first-order valence-electron chi connectivity index (χ1n) is 6.99. The van der Waals surface area contributed by atoms with E-state index in [1.807, 2.05) is 50.2 Å². The van der Waals surface area contributed by atoms with Gasteiger partial charge in [0.2, 0.25) is 0 Å². The van der Waals surface area contributed by atoms with Gasteiger partial charge in [0.05, 0.1) is 5.69 Å². The molecule has 0 bridgehead atoms. The van der Waals surface area contributed by atoms with E-state index >= 15 is 0 Å². The maximum atomic E-state index is 12.3. The zero-order valence-corrected chi connectivity index (χ0v) is 12.4. The molecule has 5 heteroatoms. The van der Waals surface area contributed by atoms with Crippen LogP contribution in [-0.2, 0) is 0 Å². The quantitative estimate of drug-likeness (QED) is 0.777. The van der Waals surface area contributed by atoms with Crippen molar-refractivity contribution in [3.8, 4) is 11.4 Å². The number of H-pyrrole nitrogens is 1. The van der Waals surface area contributed by atoms with Crippen LogP contribution in [0.5, 0.6) is 0 Å². The Morgan fingerprint density at radius 3 is 2.64 bits per heavy atom. The van der Waals surface area contributed by atoms with Gasteiger partial charge >= 0.3 is 0 Å². The van der Waals surface area contributed by atoms with E-state index in [4.69, 9.17) is 0 Å². The number of carbonyl (C=O) groups is 1. The number of rotatable bonds is 3. The van der Waals surface area contributed by atoms with Crippen LogP contribution in [0.1, 0.15) is 21.6 Å². The molecule has 0 radical (unpaired) electrons. The molecule has 1 amide bonds. The van der Waals surface area contributed by atoms with Gasteiger partial charge in [0.25, 0.3) is 5.91 Å². The Bertz CT molecular complexity index is 809. The smallest absolute Gasteiger partial charge is 0.273 e. The van der Waals surface area contributed by atoms with E-state index in [0.717, 1.165) is 16.9 Å². The summed E-state index contributed by atoms with van der Waals surface area (Å²) in [4.78, 5) is 16.5. The van der Waals surface area contributed by atoms with E-state index in [-0.39, 0.29) is 5.91 Å². The Hall–Kier alpha value is -2.95. The van der Waals surface area contributed by atoms with Gasteiger partial charge in [0.15, 0.2) is 0 Å². The van der Waals surface area contributed by atoms with Crippen molar-refractivity contribution in [2.45, 2.75) is 13.8 Å². The minimum absolute atomic E-state index is 0.224. The molecule has 2 aromatic heterocycles. The van der Waals surface area contributed by atoms with E-state index in [2.05, 4.69) is 20.5 Å². The molecule has 0 saturated carbocycles. The molecular weight excluding hydrogens is 276 g/mol. The lowest BCUT2D eigenvalue weighted by atomic mass is 10.1. The van der Waals surface area contributed by atoms with Crippen molar-refractivity contribution in [2.24, 2.45) is 0 Å². The Morgan fingerprint density at radius 2 is 1.91 bits per heavy atom. The molecule has 0 spiro atoms. The molecule has 2 N–H and O–H groups in total. The van der Waals surface area contributed by atoms with Crippen molar-refractivity contribution in [2.75, 3.05) is 5.32 Å². The lowest BCUT2D eigenvalue weighted by molar-refractivity contribution is 0.102. The molecule has 0 unspecified atom stereocenters. The van der Waals surface area contributed by atoms with Crippen molar-refractivity contribution in [3.63, 3.8) is 0 Å². The monoisotopic (exact) mass is 292 g/mol. The third-order valence-electron chi connectivity index (χ3n) is 3.51. The highest BCUT2D eigenvalue weighted by Gasteiger charge is 2.12. The van der Waals surface area contributed by atoms with Crippen LogP contribution in [0.2, 0.25) is 0 Å². The summed E-state index contributed by atoms with van der Waals surface area (Å²) in [5, 5.41) is 9.74. The Labute approximate surface area is 128 Å². The largest absolute Gasteiger partial charge is 0.321 e.